The lowest BCUT2D eigenvalue weighted by molar-refractivity contribution is -0.384. The molecule has 0 aliphatic heterocycles. The minimum atomic E-state index is -0.590. The summed E-state index contributed by atoms with van der Waals surface area (Å²) in [7, 11) is 0. The van der Waals surface area contributed by atoms with Gasteiger partial charge in [0.2, 0.25) is 0 Å². The Morgan fingerprint density at radius 2 is 1.95 bits per heavy atom. The number of non-ortho nitro benzene ring substituents is 1. The van der Waals surface area contributed by atoms with Crippen LogP contribution in [0, 0.1) is 15.9 Å². The Hall–Kier alpha value is -3.22. The highest BCUT2D eigenvalue weighted by Gasteiger charge is 2.07. The highest BCUT2D eigenvalue weighted by molar-refractivity contribution is 5.90. The summed E-state index contributed by atoms with van der Waals surface area (Å²) in [6.45, 7) is 0. The van der Waals surface area contributed by atoms with Crippen molar-refractivity contribution in [2.75, 3.05) is 5.32 Å². The van der Waals surface area contributed by atoms with Crippen LogP contribution in [0.3, 0.4) is 0 Å². The molecule has 2 amide bonds. The summed E-state index contributed by atoms with van der Waals surface area (Å²) in [5.74, 6) is -0.403. The number of benzene rings is 2. The highest BCUT2D eigenvalue weighted by Crippen LogP contribution is 2.16. The zero-order valence-electron chi connectivity index (χ0n) is 11.3. The van der Waals surface area contributed by atoms with E-state index < -0.39 is 16.8 Å². The lowest BCUT2D eigenvalue weighted by Gasteiger charge is -2.04. The zero-order chi connectivity index (χ0) is 15.9. The third-order valence-electron chi connectivity index (χ3n) is 2.70. The molecular weight excluding hydrogens is 289 g/mol. The molecule has 0 aliphatic rings. The summed E-state index contributed by atoms with van der Waals surface area (Å²) in [4.78, 5) is 21.7. The van der Waals surface area contributed by atoms with Crippen LogP contribution in [0.15, 0.2) is 54.7 Å². The van der Waals surface area contributed by atoms with Crippen molar-refractivity contribution < 1.29 is 14.1 Å². The standard InChI is InChI=1S/C15H12FN3O3/c16-14-7-2-1-4-11(14)8-9-17-15(20)18-12-5-3-6-13(10-12)19(21)22/h1-10H,(H2,17,18,20)/b9-8+. The number of nitro benzene ring substituents is 1. The fourth-order valence-corrected chi connectivity index (χ4v) is 1.68. The number of nitro groups is 1. The van der Waals surface area contributed by atoms with Crippen molar-refractivity contribution in [1.29, 1.82) is 0 Å². The van der Waals surface area contributed by atoms with Crippen LogP contribution in [0.25, 0.3) is 6.08 Å². The Kier molecular flexibility index (Phi) is 4.81. The van der Waals surface area contributed by atoms with E-state index in [0.29, 0.717) is 5.56 Å². The van der Waals surface area contributed by atoms with Crippen molar-refractivity contribution in [3.8, 4) is 0 Å². The number of amides is 2. The molecule has 0 saturated heterocycles. The number of urea groups is 1. The monoisotopic (exact) mass is 301 g/mol. The molecule has 2 rings (SSSR count). The van der Waals surface area contributed by atoms with Gasteiger partial charge < -0.3 is 10.6 Å². The molecule has 0 saturated carbocycles. The summed E-state index contributed by atoms with van der Waals surface area (Å²) >= 11 is 0. The van der Waals surface area contributed by atoms with E-state index in [0.717, 1.165) is 0 Å². The lowest BCUT2D eigenvalue weighted by atomic mass is 10.2. The van der Waals surface area contributed by atoms with Crippen molar-refractivity contribution >= 4 is 23.5 Å². The maximum absolute atomic E-state index is 13.3. The Morgan fingerprint density at radius 3 is 2.68 bits per heavy atom. The molecular formula is C15H12FN3O3. The molecule has 0 bridgehead atoms. The maximum Gasteiger partial charge on any atom is 0.323 e. The first-order valence-electron chi connectivity index (χ1n) is 6.29. The van der Waals surface area contributed by atoms with Crippen LogP contribution in [0.1, 0.15) is 5.56 Å². The molecule has 2 N–H and O–H groups in total. The number of rotatable bonds is 4. The second-order valence-corrected chi connectivity index (χ2v) is 4.26. The van der Waals surface area contributed by atoms with Gasteiger partial charge in [-0.1, -0.05) is 24.3 Å². The average molecular weight is 301 g/mol. The smallest absolute Gasteiger partial charge is 0.314 e. The SMILES string of the molecule is O=C(N/C=C/c1ccccc1F)Nc1cccc([N+](=O)[O-])c1. The van der Waals surface area contributed by atoms with E-state index in [1.807, 2.05) is 0 Å². The van der Waals surface area contributed by atoms with Crippen molar-refractivity contribution in [3.05, 3.63) is 76.2 Å². The fourth-order valence-electron chi connectivity index (χ4n) is 1.68. The van der Waals surface area contributed by atoms with Gasteiger partial charge >= 0.3 is 6.03 Å². The molecule has 2 aromatic carbocycles. The summed E-state index contributed by atoms with van der Waals surface area (Å²) < 4.78 is 13.3. The average Bonchev–Trinajstić information content (AvgIpc) is 2.49. The van der Waals surface area contributed by atoms with E-state index in [1.54, 1.807) is 18.2 Å². The molecule has 7 heteroatoms. The summed E-state index contributed by atoms with van der Waals surface area (Å²) in [6, 6.07) is 11.1. The number of carbonyl (C=O) groups is 1. The third kappa shape index (κ3) is 4.14. The van der Waals surface area contributed by atoms with Crippen LogP contribution in [0.4, 0.5) is 20.6 Å². The van der Waals surface area contributed by atoms with E-state index in [1.165, 1.54) is 42.6 Å². The minimum absolute atomic E-state index is 0.125. The first-order valence-corrected chi connectivity index (χ1v) is 6.29. The van der Waals surface area contributed by atoms with Gasteiger partial charge in [-0.15, -0.1) is 0 Å². The number of hydrogen-bond donors (Lipinski definition) is 2. The first kappa shape index (κ1) is 15.2. The van der Waals surface area contributed by atoms with E-state index >= 15 is 0 Å². The molecule has 0 aromatic heterocycles. The maximum atomic E-state index is 13.3. The molecule has 0 heterocycles. The molecule has 0 aliphatic carbocycles. The van der Waals surface area contributed by atoms with E-state index in [9.17, 15) is 19.3 Å². The Bertz CT molecular complexity index is 731. The second-order valence-electron chi connectivity index (χ2n) is 4.26. The van der Waals surface area contributed by atoms with E-state index in [-0.39, 0.29) is 11.4 Å². The van der Waals surface area contributed by atoms with Crippen molar-refractivity contribution in [2.45, 2.75) is 0 Å². The molecule has 6 nitrogen and oxygen atoms in total. The Balaban J connectivity index is 1.95. The van der Waals surface area contributed by atoms with Crippen molar-refractivity contribution in [2.24, 2.45) is 0 Å². The lowest BCUT2D eigenvalue weighted by Crippen LogP contribution is -2.23. The highest BCUT2D eigenvalue weighted by atomic mass is 19.1. The van der Waals surface area contributed by atoms with Gasteiger partial charge in [0.15, 0.2) is 0 Å². The van der Waals surface area contributed by atoms with Crippen LogP contribution in [-0.2, 0) is 0 Å². The molecule has 112 valence electrons. The number of anilines is 1. The molecule has 22 heavy (non-hydrogen) atoms. The van der Waals surface area contributed by atoms with Crippen molar-refractivity contribution in [1.82, 2.24) is 5.32 Å². The fraction of sp³-hybridized carbons (Fsp3) is 0. The van der Waals surface area contributed by atoms with Crippen LogP contribution in [0.2, 0.25) is 0 Å². The first-order chi connectivity index (χ1) is 10.6. The number of nitrogens with one attached hydrogen (secondary N) is 2. The quantitative estimate of drug-likeness (QED) is 0.669. The molecule has 0 radical (unpaired) electrons. The second kappa shape index (κ2) is 6.98. The Morgan fingerprint density at radius 1 is 1.18 bits per heavy atom. The van der Waals surface area contributed by atoms with Crippen LogP contribution in [0.5, 0.6) is 0 Å². The molecule has 0 atom stereocenters. The minimum Gasteiger partial charge on any atom is -0.314 e. The number of nitrogens with zero attached hydrogens (tertiary/aromatic N) is 1. The van der Waals surface area contributed by atoms with Gasteiger partial charge in [0.1, 0.15) is 5.82 Å². The van der Waals surface area contributed by atoms with Crippen LogP contribution in [-0.4, -0.2) is 11.0 Å². The Labute approximate surface area is 125 Å². The largest absolute Gasteiger partial charge is 0.323 e. The molecule has 2 aromatic rings. The van der Waals surface area contributed by atoms with Crippen LogP contribution < -0.4 is 10.6 Å². The zero-order valence-corrected chi connectivity index (χ0v) is 11.3. The van der Waals surface area contributed by atoms with Crippen molar-refractivity contribution in [3.63, 3.8) is 0 Å². The predicted octanol–water partition coefficient (Wildman–Crippen LogP) is 3.53. The van der Waals surface area contributed by atoms with Gasteiger partial charge in [0.25, 0.3) is 5.69 Å². The van der Waals surface area contributed by atoms with Gasteiger partial charge in [0.05, 0.1) is 4.92 Å². The van der Waals surface area contributed by atoms with Gasteiger partial charge in [-0.2, -0.15) is 0 Å². The van der Waals surface area contributed by atoms with E-state index in [4.69, 9.17) is 0 Å². The number of hydrogen-bond acceptors (Lipinski definition) is 3. The van der Waals surface area contributed by atoms with Gasteiger partial charge in [-0.25, -0.2) is 9.18 Å². The van der Waals surface area contributed by atoms with Gasteiger partial charge in [0, 0.05) is 29.6 Å². The normalized spacial score (nSPS) is 10.4. The van der Waals surface area contributed by atoms with E-state index in [2.05, 4.69) is 10.6 Å². The van der Waals surface area contributed by atoms with Crippen LogP contribution >= 0.6 is 0 Å². The van der Waals surface area contributed by atoms with Gasteiger partial charge in [-0.3, -0.25) is 10.1 Å². The molecule has 0 unspecified atom stereocenters. The number of carbonyl (C=O) groups excluding carboxylic acids is 1. The molecule has 0 fully saturated rings. The number of halogens is 1. The summed E-state index contributed by atoms with van der Waals surface area (Å²) in [5.41, 5.74) is 0.490. The predicted molar refractivity (Wildman–Crippen MR) is 80.7 cm³/mol. The summed E-state index contributed by atoms with van der Waals surface area (Å²) in [6.07, 6.45) is 2.69. The van der Waals surface area contributed by atoms with Gasteiger partial charge in [-0.05, 0) is 18.2 Å². The molecule has 0 spiro atoms. The summed E-state index contributed by atoms with van der Waals surface area (Å²) in [5, 5.41) is 15.5. The topological polar surface area (TPSA) is 84.3 Å². The third-order valence-corrected chi connectivity index (χ3v) is 2.70.